The van der Waals surface area contributed by atoms with E-state index in [1.807, 2.05) is 6.92 Å². The molecule has 134 valence electrons. The Morgan fingerprint density at radius 3 is 2.72 bits per heavy atom. The molecule has 0 amide bonds. The second-order valence-electron chi connectivity index (χ2n) is 6.46. The van der Waals surface area contributed by atoms with E-state index in [1.165, 1.54) is 12.1 Å². The Morgan fingerprint density at radius 1 is 1.16 bits per heavy atom. The average molecular weight is 351 g/mol. The van der Waals surface area contributed by atoms with E-state index in [9.17, 15) is 13.2 Å². The summed E-state index contributed by atoms with van der Waals surface area (Å²) < 4.78 is 48.9. The van der Waals surface area contributed by atoms with E-state index in [2.05, 4.69) is 9.64 Å². The van der Waals surface area contributed by atoms with Crippen LogP contribution in [0.15, 0.2) is 48.5 Å². The minimum Gasteiger partial charge on any atom is -0.486 e. The maximum atomic E-state index is 13.3. The number of hydrogen-bond acceptors (Lipinski definition) is 3. The SMILES string of the molecule is CC1(Oc2cccc(F)c2)CCN(Cc2ccccc2OC(F)F)C1. The van der Waals surface area contributed by atoms with Gasteiger partial charge in [-0.25, -0.2) is 4.39 Å². The number of alkyl halides is 2. The average Bonchev–Trinajstić information content (AvgIpc) is 2.89. The second-order valence-corrected chi connectivity index (χ2v) is 6.46. The van der Waals surface area contributed by atoms with Crippen LogP contribution in [0, 0.1) is 5.82 Å². The van der Waals surface area contributed by atoms with Crippen LogP contribution in [0.4, 0.5) is 13.2 Å². The number of hydrogen-bond donors (Lipinski definition) is 0. The fourth-order valence-electron chi connectivity index (χ4n) is 3.15. The van der Waals surface area contributed by atoms with Crippen LogP contribution in [0.1, 0.15) is 18.9 Å². The number of para-hydroxylation sites is 1. The van der Waals surface area contributed by atoms with Gasteiger partial charge in [0, 0.05) is 37.7 Å². The molecule has 1 saturated heterocycles. The molecule has 1 aliphatic heterocycles. The quantitative estimate of drug-likeness (QED) is 0.766. The van der Waals surface area contributed by atoms with Crippen molar-refractivity contribution in [2.75, 3.05) is 13.1 Å². The van der Waals surface area contributed by atoms with E-state index >= 15 is 0 Å². The van der Waals surface area contributed by atoms with Gasteiger partial charge in [0.1, 0.15) is 22.9 Å². The molecule has 0 N–H and O–H groups in total. The fraction of sp³-hybridized carbons (Fsp3) is 0.368. The molecular formula is C19H20F3NO2. The van der Waals surface area contributed by atoms with Crippen LogP contribution in [0.5, 0.6) is 11.5 Å². The first-order valence-corrected chi connectivity index (χ1v) is 8.13. The topological polar surface area (TPSA) is 21.7 Å². The van der Waals surface area contributed by atoms with Crippen molar-refractivity contribution >= 4 is 0 Å². The molecule has 1 heterocycles. The van der Waals surface area contributed by atoms with Crippen LogP contribution < -0.4 is 9.47 Å². The molecule has 6 heteroatoms. The number of halogens is 3. The molecule has 0 aromatic heterocycles. The second kappa shape index (κ2) is 7.35. The van der Waals surface area contributed by atoms with Gasteiger partial charge in [0.2, 0.25) is 0 Å². The lowest BCUT2D eigenvalue weighted by atomic mass is 10.1. The Bertz CT molecular complexity index is 725. The molecule has 25 heavy (non-hydrogen) atoms. The van der Waals surface area contributed by atoms with Crippen molar-refractivity contribution in [3.8, 4) is 11.5 Å². The molecule has 0 bridgehead atoms. The summed E-state index contributed by atoms with van der Waals surface area (Å²) in [5, 5.41) is 0. The summed E-state index contributed by atoms with van der Waals surface area (Å²) >= 11 is 0. The summed E-state index contributed by atoms with van der Waals surface area (Å²) in [5.74, 6) is 0.344. The van der Waals surface area contributed by atoms with E-state index in [0.29, 0.717) is 24.4 Å². The van der Waals surface area contributed by atoms with Crippen LogP contribution in [0.3, 0.4) is 0 Å². The highest BCUT2D eigenvalue weighted by Gasteiger charge is 2.36. The van der Waals surface area contributed by atoms with Gasteiger partial charge in [-0.05, 0) is 25.1 Å². The van der Waals surface area contributed by atoms with E-state index in [1.54, 1.807) is 36.4 Å². The minimum absolute atomic E-state index is 0.192. The smallest absolute Gasteiger partial charge is 0.387 e. The van der Waals surface area contributed by atoms with E-state index in [4.69, 9.17) is 4.74 Å². The summed E-state index contributed by atoms with van der Waals surface area (Å²) in [7, 11) is 0. The molecule has 1 fully saturated rings. The summed E-state index contributed by atoms with van der Waals surface area (Å²) in [6.07, 6.45) is 0.765. The first-order chi connectivity index (χ1) is 11.9. The molecule has 3 rings (SSSR count). The highest BCUT2D eigenvalue weighted by atomic mass is 19.3. The summed E-state index contributed by atoms with van der Waals surface area (Å²) in [6.45, 7) is 0.993. The van der Waals surface area contributed by atoms with Gasteiger partial charge in [-0.2, -0.15) is 8.78 Å². The van der Waals surface area contributed by atoms with Gasteiger partial charge in [-0.1, -0.05) is 24.3 Å². The molecule has 0 spiro atoms. The number of nitrogens with zero attached hydrogens (tertiary/aromatic N) is 1. The summed E-state index contributed by atoms with van der Waals surface area (Å²) in [6, 6.07) is 12.9. The van der Waals surface area contributed by atoms with Crippen LogP contribution >= 0.6 is 0 Å². The Labute approximate surface area is 145 Å². The van der Waals surface area contributed by atoms with Crippen molar-refractivity contribution in [1.29, 1.82) is 0 Å². The maximum Gasteiger partial charge on any atom is 0.387 e. The van der Waals surface area contributed by atoms with Crippen LogP contribution in [-0.4, -0.2) is 30.2 Å². The fourth-order valence-corrected chi connectivity index (χ4v) is 3.15. The molecule has 0 radical (unpaired) electrons. The highest BCUT2D eigenvalue weighted by molar-refractivity contribution is 5.33. The summed E-state index contributed by atoms with van der Waals surface area (Å²) in [4.78, 5) is 2.12. The van der Waals surface area contributed by atoms with Crippen molar-refractivity contribution < 1.29 is 22.6 Å². The normalized spacial score (nSPS) is 20.8. The van der Waals surface area contributed by atoms with Gasteiger partial charge >= 0.3 is 6.61 Å². The molecule has 0 saturated carbocycles. The maximum absolute atomic E-state index is 13.3. The van der Waals surface area contributed by atoms with Gasteiger partial charge in [-0.15, -0.1) is 0 Å². The third kappa shape index (κ3) is 4.66. The first-order valence-electron chi connectivity index (χ1n) is 8.13. The Hall–Kier alpha value is -2.21. The predicted molar refractivity (Wildman–Crippen MR) is 88.4 cm³/mol. The Kier molecular flexibility index (Phi) is 5.18. The number of likely N-dealkylation sites (tertiary alicyclic amines) is 1. The van der Waals surface area contributed by atoms with Gasteiger partial charge in [0.05, 0.1) is 0 Å². The zero-order chi connectivity index (χ0) is 17.9. The van der Waals surface area contributed by atoms with Crippen molar-refractivity contribution in [3.63, 3.8) is 0 Å². The molecule has 0 aliphatic carbocycles. The van der Waals surface area contributed by atoms with Gasteiger partial charge in [0.25, 0.3) is 0 Å². The van der Waals surface area contributed by atoms with Gasteiger partial charge in [0.15, 0.2) is 0 Å². The Morgan fingerprint density at radius 2 is 1.96 bits per heavy atom. The van der Waals surface area contributed by atoms with E-state index in [-0.39, 0.29) is 11.6 Å². The highest BCUT2D eigenvalue weighted by Crippen LogP contribution is 2.30. The zero-order valence-corrected chi connectivity index (χ0v) is 13.9. The van der Waals surface area contributed by atoms with E-state index < -0.39 is 12.2 Å². The van der Waals surface area contributed by atoms with Crippen molar-refractivity contribution in [2.24, 2.45) is 0 Å². The molecular weight excluding hydrogens is 331 g/mol. The lowest BCUT2D eigenvalue weighted by Gasteiger charge is -2.26. The van der Waals surface area contributed by atoms with Crippen molar-refractivity contribution in [3.05, 3.63) is 59.9 Å². The van der Waals surface area contributed by atoms with Crippen LogP contribution in [0.25, 0.3) is 0 Å². The molecule has 3 nitrogen and oxygen atoms in total. The number of benzene rings is 2. The molecule has 1 aliphatic rings. The Balaban J connectivity index is 1.65. The van der Waals surface area contributed by atoms with Gasteiger partial charge < -0.3 is 9.47 Å². The minimum atomic E-state index is -2.85. The molecule has 1 unspecified atom stereocenters. The van der Waals surface area contributed by atoms with Gasteiger partial charge in [-0.3, -0.25) is 4.90 Å². The van der Waals surface area contributed by atoms with Crippen LogP contribution in [-0.2, 0) is 6.54 Å². The lowest BCUT2D eigenvalue weighted by molar-refractivity contribution is -0.0507. The van der Waals surface area contributed by atoms with Crippen molar-refractivity contribution in [2.45, 2.75) is 32.1 Å². The standard InChI is InChI=1S/C19H20F3NO2/c1-19(25-16-7-4-6-15(20)11-16)9-10-23(13-19)12-14-5-2-3-8-17(14)24-18(21)22/h2-8,11,18H,9-10,12-13H2,1H3. The molecule has 2 aromatic carbocycles. The van der Waals surface area contributed by atoms with Crippen LogP contribution in [0.2, 0.25) is 0 Å². The molecule has 1 atom stereocenters. The van der Waals surface area contributed by atoms with Crippen molar-refractivity contribution in [1.82, 2.24) is 4.90 Å². The zero-order valence-electron chi connectivity index (χ0n) is 13.9. The number of rotatable bonds is 6. The third-order valence-electron chi connectivity index (χ3n) is 4.26. The first kappa shape index (κ1) is 17.6. The summed E-state index contributed by atoms with van der Waals surface area (Å²) in [5.41, 5.74) is 0.254. The number of ether oxygens (including phenoxy) is 2. The van der Waals surface area contributed by atoms with E-state index in [0.717, 1.165) is 13.0 Å². The molecule has 2 aromatic rings. The lowest BCUT2D eigenvalue weighted by Crippen LogP contribution is -2.36. The largest absolute Gasteiger partial charge is 0.486 e. The third-order valence-corrected chi connectivity index (χ3v) is 4.26. The predicted octanol–water partition coefficient (Wildman–Crippen LogP) is 4.47. The monoisotopic (exact) mass is 351 g/mol.